The van der Waals surface area contributed by atoms with Gasteiger partial charge in [-0.05, 0) is 13.0 Å². The lowest BCUT2D eigenvalue weighted by Crippen LogP contribution is -2.28. The normalized spacial score (nSPS) is 11.6. The number of nitrogens with zero attached hydrogens (tertiary/aromatic N) is 2. The van der Waals surface area contributed by atoms with Gasteiger partial charge in [0, 0.05) is 79.5 Å². The zero-order chi connectivity index (χ0) is 18.8. The van der Waals surface area contributed by atoms with Crippen LogP contribution in [0, 0.1) is 6.92 Å². The van der Waals surface area contributed by atoms with Gasteiger partial charge in [-0.1, -0.05) is 0 Å². The second-order valence-electron chi connectivity index (χ2n) is 5.83. The molecule has 1 aromatic carbocycles. The highest BCUT2D eigenvalue weighted by Gasteiger charge is 2.18. The average molecular weight is 432 g/mol. The lowest BCUT2D eigenvalue weighted by molar-refractivity contribution is 0.286. The lowest BCUT2D eigenvalue weighted by Gasteiger charge is -2.24. The third kappa shape index (κ3) is 7.20. The molecule has 8 heteroatoms. The van der Waals surface area contributed by atoms with Crippen LogP contribution in [0.4, 0.5) is 0 Å². The highest BCUT2D eigenvalue weighted by atomic mass is 35.5. The van der Waals surface area contributed by atoms with Crippen molar-refractivity contribution < 1.29 is 10.2 Å². The molecule has 0 saturated carbocycles. The van der Waals surface area contributed by atoms with Crippen LogP contribution in [-0.4, -0.2) is 69.7 Å². The van der Waals surface area contributed by atoms with E-state index in [1.807, 2.05) is 6.07 Å². The van der Waals surface area contributed by atoms with Crippen LogP contribution < -0.4 is 0 Å². The van der Waals surface area contributed by atoms with Crippen LogP contribution in [0.15, 0.2) is 6.07 Å². The van der Waals surface area contributed by atoms with Crippen molar-refractivity contribution in [2.24, 2.45) is 0 Å². The van der Waals surface area contributed by atoms with Gasteiger partial charge in [-0.15, -0.1) is 46.4 Å². The van der Waals surface area contributed by atoms with E-state index in [2.05, 4.69) is 9.80 Å². The molecule has 1 aromatic rings. The van der Waals surface area contributed by atoms with E-state index in [1.165, 1.54) is 0 Å². The number of aromatic hydroxyl groups is 2. The molecule has 0 aliphatic heterocycles. The molecule has 0 radical (unpaired) electrons. The summed E-state index contributed by atoms with van der Waals surface area (Å²) >= 11 is 23.4. The number of rotatable bonds is 12. The standard InChI is InChI=1S/C17H26Cl4N2O2/c1-13-16(24)14(11-22(6-2-18)7-3-19)10-15(17(13)25)12-23(8-4-20)9-5-21/h10,24-25H,2-9,11-12H2,1H3. The zero-order valence-electron chi connectivity index (χ0n) is 14.4. The Labute approximate surface area is 170 Å². The number of benzene rings is 1. The molecule has 0 amide bonds. The maximum atomic E-state index is 10.4. The second kappa shape index (κ2) is 12.3. The van der Waals surface area contributed by atoms with Crippen molar-refractivity contribution >= 4 is 46.4 Å². The Bertz CT molecular complexity index is 478. The SMILES string of the molecule is Cc1c(O)c(CN(CCCl)CCCl)cc(CN(CCCl)CCCl)c1O. The summed E-state index contributed by atoms with van der Waals surface area (Å²) in [5, 5.41) is 20.8. The molecule has 2 N–H and O–H groups in total. The fourth-order valence-corrected chi connectivity index (χ4v) is 3.64. The van der Waals surface area contributed by atoms with Gasteiger partial charge >= 0.3 is 0 Å². The van der Waals surface area contributed by atoms with Gasteiger partial charge in [-0.2, -0.15) is 0 Å². The fraction of sp³-hybridized carbons (Fsp3) is 0.647. The van der Waals surface area contributed by atoms with Crippen LogP contribution in [0.2, 0.25) is 0 Å². The Morgan fingerprint density at radius 3 is 1.32 bits per heavy atom. The topological polar surface area (TPSA) is 46.9 Å². The molecule has 0 spiro atoms. The molecule has 0 aromatic heterocycles. The van der Waals surface area contributed by atoms with Gasteiger partial charge in [0.1, 0.15) is 11.5 Å². The molecular formula is C17H26Cl4N2O2. The Morgan fingerprint density at radius 2 is 1.04 bits per heavy atom. The van der Waals surface area contributed by atoms with Crippen LogP contribution in [0.1, 0.15) is 16.7 Å². The van der Waals surface area contributed by atoms with E-state index in [0.717, 1.165) is 11.1 Å². The van der Waals surface area contributed by atoms with Crippen molar-refractivity contribution in [1.29, 1.82) is 0 Å². The first-order chi connectivity index (χ1) is 12.0. The summed E-state index contributed by atoms with van der Waals surface area (Å²) in [5.74, 6) is 2.16. The molecule has 0 bridgehead atoms. The summed E-state index contributed by atoms with van der Waals surface area (Å²) in [4.78, 5) is 4.15. The van der Waals surface area contributed by atoms with Crippen molar-refractivity contribution in [3.63, 3.8) is 0 Å². The van der Waals surface area contributed by atoms with E-state index in [1.54, 1.807) is 6.92 Å². The number of phenolic OH excluding ortho intramolecular Hbond substituents is 2. The Balaban J connectivity index is 3.08. The molecule has 0 atom stereocenters. The predicted molar refractivity (Wildman–Crippen MR) is 108 cm³/mol. The van der Waals surface area contributed by atoms with Gasteiger partial charge in [0.05, 0.1) is 0 Å². The Morgan fingerprint density at radius 1 is 0.720 bits per heavy atom. The molecule has 25 heavy (non-hydrogen) atoms. The van der Waals surface area contributed by atoms with Gasteiger partial charge in [-0.3, -0.25) is 9.80 Å². The highest BCUT2D eigenvalue weighted by Crippen LogP contribution is 2.35. The quantitative estimate of drug-likeness (QED) is 0.491. The fourth-order valence-electron chi connectivity index (χ4n) is 2.68. The number of hydrogen-bond acceptors (Lipinski definition) is 4. The zero-order valence-corrected chi connectivity index (χ0v) is 17.5. The van der Waals surface area contributed by atoms with Gasteiger partial charge < -0.3 is 10.2 Å². The largest absolute Gasteiger partial charge is 0.507 e. The number of hydrogen-bond donors (Lipinski definition) is 2. The minimum Gasteiger partial charge on any atom is -0.507 e. The molecule has 0 aliphatic rings. The van der Waals surface area contributed by atoms with Crippen LogP contribution in [0.3, 0.4) is 0 Å². The van der Waals surface area contributed by atoms with Crippen molar-refractivity contribution in [3.05, 3.63) is 22.8 Å². The van der Waals surface area contributed by atoms with Gasteiger partial charge in [0.15, 0.2) is 0 Å². The molecule has 144 valence electrons. The summed E-state index contributed by atoms with van der Waals surface area (Å²) in [6.45, 7) is 5.44. The minimum atomic E-state index is 0.108. The first-order valence-electron chi connectivity index (χ1n) is 8.20. The molecule has 4 nitrogen and oxygen atoms in total. The van der Waals surface area contributed by atoms with E-state index in [-0.39, 0.29) is 11.5 Å². The molecule has 0 aliphatic carbocycles. The smallest absolute Gasteiger partial charge is 0.126 e. The van der Waals surface area contributed by atoms with Crippen LogP contribution in [0.25, 0.3) is 0 Å². The van der Waals surface area contributed by atoms with Gasteiger partial charge in [0.25, 0.3) is 0 Å². The van der Waals surface area contributed by atoms with Gasteiger partial charge in [0.2, 0.25) is 0 Å². The third-order valence-corrected chi connectivity index (χ3v) is 4.73. The number of phenols is 2. The molecule has 0 saturated heterocycles. The molecular weight excluding hydrogens is 406 g/mol. The minimum absolute atomic E-state index is 0.108. The maximum Gasteiger partial charge on any atom is 0.126 e. The van der Waals surface area contributed by atoms with Crippen molar-refractivity contribution in [2.45, 2.75) is 20.0 Å². The Kier molecular flexibility index (Phi) is 11.3. The van der Waals surface area contributed by atoms with E-state index in [4.69, 9.17) is 46.4 Å². The van der Waals surface area contributed by atoms with Gasteiger partial charge in [-0.25, -0.2) is 0 Å². The maximum absolute atomic E-state index is 10.4. The number of halogens is 4. The van der Waals surface area contributed by atoms with E-state index in [9.17, 15) is 10.2 Å². The summed E-state index contributed by atoms with van der Waals surface area (Å²) in [6.07, 6.45) is 0. The van der Waals surface area contributed by atoms with E-state index in [0.29, 0.717) is 68.4 Å². The summed E-state index contributed by atoms with van der Waals surface area (Å²) < 4.78 is 0. The molecule has 0 unspecified atom stereocenters. The lowest BCUT2D eigenvalue weighted by atomic mass is 10.0. The monoisotopic (exact) mass is 430 g/mol. The second-order valence-corrected chi connectivity index (χ2v) is 7.34. The first-order valence-corrected chi connectivity index (χ1v) is 10.3. The summed E-state index contributed by atoms with van der Waals surface area (Å²) in [7, 11) is 0. The van der Waals surface area contributed by atoms with Crippen LogP contribution >= 0.6 is 46.4 Å². The van der Waals surface area contributed by atoms with Crippen molar-refractivity contribution in [2.75, 3.05) is 49.7 Å². The first kappa shape index (κ1) is 22.9. The average Bonchev–Trinajstić information content (AvgIpc) is 2.58. The molecule has 1 rings (SSSR count). The molecule has 0 fully saturated rings. The van der Waals surface area contributed by atoms with Crippen LogP contribution in [0.5, 0.6) is 11.5 Å². The third-order valence-electron chi connectivity index (χ3n) is 4.06. The van der Waals surface area contributed by atoms with E-state index >= 15 is 0 Å². The van der Waals surface area contributed by atoms with E-state index < -0.39 is 0 Å². The van der Waals surface area contributed by atoms with Crippen molar-refractivity contribution in [1.82, 2.24) is 9.80 Å². The highest BCUT2D eigenvalue weighted by molar-refractivity contribution is 6.18. The predicted octanol–water partition coefficient (Wildman–Crippen LogP) is 3.97. The number of alkyl halides is 4. The summed E-state index contributed by atoms with van der Waals surface area (Å²) in [5.41, 5.74) is 1.97. The Hall–Kier alpha value is -0.100. The van der Waals surface area contributed by atoms with Crippen LogP contribution in [-0.2, 0) is 13.1 Å². The molecule has 0 heterocycles. The summed E-state index contributed by atoms with van der Waals surface area (Å²) in [6, 6.07) is 1.84. The van der Waals surface area contributed by atoms with Crippen molar-refractivity contribution in [3.8, 4) is 11.5 Å².